The fourth-order valence-electron chi connectivity index (χ4n) is 6.34. The lowest BCUT2D eigenvalue weighted by Crippen LogP contribution is -2.62. The maximum atomic E-state index is 13.1. The van der Waals surface area contributed by atoms with Crippen molar-refractivity contribution >= 4 is 11.7 Å². The van der Waals surface area contributed by atoms with Gasteiger partial charge in [-0.3, -0.25) is 4.90 Å². The number of urea groups is 1. The van der Waals surface area contributed by atoms with Crippen molar-refractivity contribution in [2.45, 2.75) is 63.0 Å². The van der Waals surface area contributed by atoms with E-state index in [4.69, 9.17) is 0 Å². The minimum absolute atomic E-state index is 0.0683. The molecule has 1 aromatic rings. The van der Waals surface area contributed by atoms with Crippen LogP contribution in [0.2, 0.25) is 0 Å². The molecule has 2 unspecified atom stereocenters. The lowest BCUT2D eigenvalue weighted by atomic mass is 9.52. The minimum Gasteiger partial charge on any atom is -0.390 e. The van der Waals surface area contributed by atoms with E-state index in [1.165, 1.54) is 18.4 Å². The second kappa shape index (κ2) is 5.73. The van der Waals surface area contributed by atoms with Crippen LogP contribution in [0.5, 0.6) is 0 Å². The lowest BCUT2D eigenvalue weighted by Gasteiger charge is -2.58. The molecule has 4 bridgehead atoms. The smallest absolute Gasteiger partial charge is 0.322 e. The van der Waals surface area contributed by atoms with E-state index in [-0.39, 0.29) is 12.1 Å². The Labute approximate surface area is 149 Å². The van der Waals surface area contributed by atoms with Gasteiger partial charge in [0.2, 0.25) is 0 Å². The lowest BCUT2D eigenvalue weighted by molar-refractivity contribution is -0.136. The summed E-state index contributed by atoms with van der Waals surface area (Å²) < 4.78 is 0. The molecule has 1 heterocycles. The summed E-state index contributed by atoms with van der Waals surface area (Å²) in [5, 5.41) is 14.1. The second-order valence-electron chi connectivity index (χ2n) is 8.91. The number of hydrogen-bond acceptors (Lipinski definition) is 2. The van der Waals surface area contributed by atoms with Crippen LogP contribution in [0, 0.1) is 17.8 Å². The molecule has 1 aliphatic heterocycles. The molecule has 25 heavy (non-hydrogen) atoms. The summed E-state index contributed by atoms with van der Waals surface area (Å²) in [6, 6.07) is 8.65. The quantitative estimate of drug-likeness (QED) is 0.822. The van der Waals surface area contributed by atoms with E-state index in [2.05, 4.69) is 23.5 Å². The van der Waals surface area contributed by atoms with Gasteiger partial charge < -0.3 is 10.4 Å². The summed E-state index contributed by atoms with van der Waals surface area (Å²) in [5.74, 6) is 1.60. The predicted octanol–water partition coefficient (Wildman–Crippen LogP) is 3.48. The Morgan fingerprint density at radius 1 is 1.12 bits per heavy atom. The number of benzene rings is 1. The van der Waals surface area contributed by atoms with Gasteiger partial charge in [0.1, 0.15) is 0 Å². The van der Waals surface area contributed by atoms with Gasteiger partial charge >= 0.3 is 6.03 Å². The molecule has 0 saturated heterocycles. The zero-order valence-corrected chi connectivity index (χ0v) is 14.8. The van der Waals surface area contributed by atoms with Gasteiger partial charge in [-0.15, -0.1) is 0 Å². The highest BCUT2D eigenvalue weighted by Crippen LogP contribution is 2.55. The van der Waals surface area contributed by atoms with Crippen LogP contribution in [0.3, 0.4) is 0 Å². The van der Waals surface area contributed by atoms with Crippen LogP contribution < -0.4 is 10.2 Å². The standard InChI is InChI=1S/C21H28N2O2/c24-20(23-8-4-3-6-15-5-1-2-7-18(15)23)22-19-16-9-14-10-17(19)13-21(25,11-14)12-16/h1-2,5,7,14,16-17,19,25H,3-4,6,8-13H2,(H,22,24)/t14?,16?,17?,19-,21-. The second-order valence-corrected chi connectivity index (χ2v) is 8.91. The summed E-state index contributed by atoms with van der Waals surface area (Å²) in [5.41, 5.74) is 1.93. The van der Waals surface area contributed by atoms with Crippen LogP contribution in [0.25, 0.3) is 0 Å². The monoisotopic (exact) mass is 340 g/mol. The van der Waals surface area contributed by atoms with Crippen LogP contribution in [0.1, 0.15) is 50.5 Å². The number of aryl methyl sites for hydroxylation is 1. The largest absolute Gasteiger partial charge is 0.390 e. The topological polar surface area (TPSA) is 52.6 Å². The summed E-state index contributed by atoms with van der Waals surface area (Å²) in [6.45, 7) is 0.803. The summed E-state index contributed by atoms with van der Waals surface area (Å²) in [6.07, 6.45) is 8.36. The predicted molar refractivity (Wildman–Crippen MR) is 97.6 cm³/mol. The molecular formula is C21H28N2O2. The van der Waals surface area contributed by atoms with Crippen molar-refractivity contribution in [2.75, 3.05) is 11.4 Å². The maximum absolute atomic E-state index is 13.1. The Bertz CT molecular complexity index is 672. The zero-order valence-electron chi connectivity index (χ0n) is 14.8. The molecular weight excluding hydrogens is 312 g/mol. The van der Waals surface area contributed by atoms with Gasteiger partial charge in [-0.25, -0.2) is 4.79 Å². The third-order valence-electron chi connectivity index (χ3n) is 7.14. The molecule has 5 aliphatic rings. The molecule has 1 aromatic carbocycles. The van der Waals surface area contributed by atoms with E-state index in [0.29, 0.717) is 17.8 Å². The number of nitrogens with one attached hydrogen (secondary N) is 1. The molecule has 4 heteroatoms. The molecule has 2 amide bonds. The third-order valence-corrected chi connectivity index (χ3v) is 7.14. The molecule has 4 saturated carbocycles. The van der Waals surface area contributed by atoms with Gasteiger partial charge in [0.15, 0.2) is 0 Å². The van der Waals surface area contributed by atoms with Crippen molar-refractivity contribution in [3.8, 4) is 0 Å². The summed E-state index contributed by atoms with van der Waals surface area (Å²) in [4.78, 5) is 15.1. The van der Waals surface area contributed by atoms with Gasteiger partial charge in [0, 0.05) is 18.3 Å². The summed E-state index contributed by atoms with van der Waals surface area (Å²) >= 11 is 0. The minimum atomic E-state index is -0.438. The first-order valence-corrected chi connectivity index (χ1v) is 10.00. The third kappa shape index (κ3) is 2.66. The number of aliphatic hydroxyl groups is 1. The molecule has 0 spiro atoms. The number of nitrogens with zero attached hydrogens (tertiary/aromatic N) is 1. The highest BCUT2D eigenvalue weighted by molar-refractivity contribution is 5.93. The van der Waals surface area contributed by atoms with E-state index in [0.717, 1.165) is 50.8 Å². The van der Waals surface area contributed by atoms with Crippen molar-refractivity contribution in [3.05, 3.63) is 29.8 Å². The summed E-state index contributed by atoms with van der Waals surface area (Å²) in [7, 11) is 0. The first-order valence-electron chi connectivity index (χ1n) is 10.00. The number of fused-ring (bicyclic) bond motifs is 1. The molecule has 4 fully saturated rings. The van der Waals surface area contributed by atoms with Crippen LogP contribution in [-0.2, 0) is 6.42 Å². The fraction of sp³-hybridized carbons (Fsp3) is 0.667. The molecule has 2 atom stereocenters. The Morgan fingerprint density at radius 2 is 1.88 bits per heavy atom. The van der Waals surface area contributed by atoms with Gasteiger partial charge in [0.25, 0.3) is 0 Å². The number of para-hydroxylation sites is 1. The van der Waals surface area contributed by atoms with E-state index in [1.54, 1.807) is 0 Å². The number of hydrogen-bond donors (Lipinski definition) is 2. The van der Waals surface area contributed by atoms with Crippen LogP contribution in [-0.4, -0.2) is 29.3 Å². The van der Waals surface area contributed by atoms with Gasteiger partial charge in [-0.05, 0) is 80.8 Å². The average molecular weight is 340 g/mol. The highest BCUT2D eigenvalue weighted by Gasteiger charge is 2.55. The van der Waals surface area contributed by atoms with Crippen LogP contribution in [0.4, 0.5) is 10.5 Å². The molecule has 134 valence electrons. The SMILES string of the molecule is O=C(N[C@H]1C2CC3CC1C[C@](O)(C3)C2)N1CCCCc2ccccc21. The number of rotatable bonds is 1. The average Bonchev–Trinajstić information content (AvgIpc) is 2.79. The Morgan fingerprint density at radius 3 is 2.64 bits per heavy atom. The van der Waals surface area contributed by atoms with Gasteiger partial charge in [-0.2, -0.15) is 0 Å². The van der Waals surface area contributed by atoms with Crippen LogP contribution >= 0.6 is 0 Å². The first kappa shape index (κ1) is 15.7. The van der Waals surface area contributed by atoms with E-state index >= 15 is 0 Å². The van der Waals surface area contributed by atoms with Crippen LogP contribution in [0.15, 0.2) is 24.3 Å². The van der Waals surface area contributed by atoms with Crippen molar-refractivity contribution < 1.29 is 9.90 Å². The molecule has 0 radical (unpaired) electrons. The molecule has 4 aliphatic carbocycles. The molecule has 0 aromatic heterocycles. The normalized spacial score (nSPS) is 39.0. The number of carbonyl (C=O) groups excluding carboxylic acids is 1. The van der Waals surface area contributed by atoms with Crippen molar-refractivity contribution in [1.29, 1.82) is 0 Å². The van der Waals surface area contributed by atoms with Crippen molar-refractivity contribution in [1.82, 2.24) is 5.32 Å². The maximum Gasteiger partial charge on any atom is 0.322 e. The molecule has 2 N–H and O–H groups in total. The number of anilines is 1. The first-order chi connectivity index (χ1) is 12.1. The van der Waals surface area contributed by atoms with E-state index in [9.17, 15) is 9.90 Å². The van der Waals surface area contributed by atoms with E-state index < -0.39 is 5.60 Å². The zero-order chi connectivity index (χ0) is 17.0. The Hall–Kier alpha value is -1.55. The van der Waals surface area contributed by atoms with Gasteiger partial charge in [0.05, 0.1) is 5.60 Å². The van der Waals surface area contributed by atoms with Crippen molar-refractivity contribution in [2.24, 2.45) is 17.8 Å². The Balaban J connectivity index is 1.36. The highest BCUT2D eigenvalue weighted by atomic mass is 16.3. The number of amides is 2. The van der Waals surface area contributed by atoms with Crippen molar-refractivity contribution in [3.63, 3.8) is 0 Å². The molecule has 4 nitrogen and oxygen atoms in total. The van der Waals surface area contributed by atoms with E-state index in [1.807, 2.05) is 11.0 Å². The Kier molecular flexibility index (Phi) is 3.60. The number of carbonyl (C=O) groups is 1. The molecule has 6 rings (SSSR count). The van der Waals surface area contributed by atoms with Gasteiger partial charge in [-0.1, -0.05) is 18.2 Å². The fourth-order valence-corrected chi connectivity index (χ4v) is 6.34.